The van der Waals surface area contributed by atoms with Gasteiger partial charge in [0.15, 0.2) is 0 Å². The van der Waals surface area contributed by atoms with Crippen molar-refractivity contribution in [3.8, 4) is 0 Å². The smallest absolute Gasteiger partial charge is 0.145 e. The van der Waals surface area contributed by atoms with Gasteiger partial charge in [-0.3, -0.25) is 0 Å². The standard InChI is InChI=1S/C8H10Cl2N2OS/c9-4-2-6-14(11,13)7-3-1-5-12-8(7)10/h1,3,5,11H,2,4,6H2. The summed E-state index contributed by atoms with van der Waals surface area (Å²) in [7, 11) is -2.83. The van der Waals surface area contributed by atoms with Crippen molar-refractivity contribution in [2.24, 2.45) is 0 Å². The number of nitrogens with zero attached hydrogens (tertiary/aromatic N) is 1. The van der Waals surface area contributed by atoms with Gasteiger partial charge in [0, 0.05) is 17.8 Å². The van der Waals surface area contributed by atoms with E-state index in [1.54, 1.807) is 12.1 Å². The van der Waals surface area contributed by atoms with Crippen molar-refractivity contribution in [2.45, 2.75) is 11.3 Å². The molecule has 0 fully saturated rings. The van der Waals surface area contributed by atoms with Crippen LogP contribution >= 0.6 is 23.2 Å². The van der Waals surface area contributed by atoms with Crippen LogP contribution in [0.5, 0.6) is 0 Å². The van der Waals surface area contributed by atoms with Crippen LogP contribution in [0.3, 0.4) is 0 Å². The molecule has 78 valence electrons. The molecule has 0 bridgehead atoms. The van der Waals surface area contributed by atoms with Gasteiger partial charge in [-0.25, -0.2) is 14.0 Å². The maximum Gasteiger partial charge on any atom is 0.145 e. The fraction of sp³-hybridized carbons (Fsp3) is 0.375. The van der Waals surface area contributed by atoms with Gasteiger partial charge in [-0.1, -0.05) is 11.6 Å². The lowest BCUT2D eigenvalue weighted by atomic mass is 10.5. The summed E-state index contributed by atoms with van der Waals surface area (Å²) in [4.78, 5) is 4.08. The Kier molecular flexibility index (Phi) is 4.16. The van der Waals surface area contributed by atoms with Crippen LogP contribution in [-0.2, 0) is 9.73 Å². The molecule has 1 unspecified atom stereocenters. The van der Waals surface area contributed by atoms with E-state index in [-0.39, 0.29) is 10.9 Å². The van der Waals surface area contributed by atoms with Gasteiger partial charge in [0.2, 0.25) is 0 Å². The zero-order valence-electron chi connectivity index (χ0n) is 7.37. The summed E-state index contributed by atoms with van der Waals surface area (Å²) in [6.45, 7) is 0. The Hall–Kier alpha value is -0.320. The highest BCUT2D eigenvalue weighted by Gasteiger charge is 2.13. The van der Waals surface area contributed by atoms with Gasteiger partial charge in [-0.15, -0.1) is 11.6 Å². The maximum absolute atomic E-state index is 11.9. The first-order valence-corrected chi connectivity index (χ1v) is 6.65. The Bertz CT molecular complexity index is 406. The summed E-state index contributed by atoms with van der Waals surface area (Å²) in [6.07, 6.45) is 2.04. The SMILES string of the molecule is N=S(=O)(CCCCl)c1cccnc1Cl. The summed E-state index contributed by atoms with van der Waals surface area (Å²) >= 11 is 11.2. The molecule has 0 spiro atoms. The van der Waals surface area contributed by atoms with E-state index in [2.05, 4.69) is 4.98 Å². The molecule has 1 N–H and O–H groups in total. The van der Waals surface area contributed by atoms with Gasteiger partial charge >= 0.3 is 0 Å². The van der Waals surface area contributed by atoms with Crippen LogP contribution in [0.1, 0.15) is 6.42 Å². The molecule has 1 rings (SSSR count). The number of nitrogens with one attached hydrogen (secondary N) is 1. The van der Waals surface area contributed by atoms with Gasteiger partial charge in [0.1, 0.15) is 5.15 Å². The van der Waals surface area contributed by atoms with Crippen LogP contribution in [0, 0.1) is 4.78 Å². The van der Waals surface area contributed by atoms with Crippen LogP contribution in [-0.4, -0.2) is 20.8 Å². The highest BCUT2D eigenvalue weighted by molar-refractivity contribution is 7.92. The van der Waals surface area contributed by atoms with Crippen molar-refractivity contribution in [3.63, 3.8) is 0 Å². The lowest BCUT2D eigenvalue weighted by Crippen LogP contribution is -2.06. The first-order chi connectivity index (χ1) is 6.58. The second-order valence-electron chi connectivity index (χ2n) is 2.71. The van der Waals surface area contributed by atoms with Crippen LogP contribution < -0.4 is 0 Å². The predicted octanol–water partition coefficient (Wildman–Crippen LogP) is 2.77. The Morgan fingerprint density at radius 2 is 2.29 bits per heavy atom. The van der Waals surface area contributed by atoms with Crippen LogP contribution in [0.15, 0.2) is 23.2 Å². The van der Waals surface area contributed by atoms with Crippen molar-refractivity contribution >= 4 is 32.9 Å². The molecule has 0 saturated carbocycles. The average Bonchev–Trinajstić information content (AvgIpc) is 2.15. The summed E-state index contributed by atoms with van der Waals surface area (Å²) in [5.41, 5.74) is 0. The van der Waals surface area contributed by atoms with Gasteiger partial charge in [0.05, 0.1) is 14.6 Å². The molecule has 3 nitrogen and oxygen atoms in total. The zero-order valence-corrected chi connectivity index (χ0v) is 9.70. The molecule has 0 aliphatic rings. The van der Waals surface area contributed by atoms with Crippen molar-refractivity contribution < 1.29 is 4.21 Å². The molecule has 0 aromatic carbocycles. The Labute approximate surface area is 93.4 Å². The highest BCUT2D eigenvalue weighted by atomic mass is 35.5. The Morgan fingerprint density at radius 3 is 2.86 bits per heavy atom. The minimum absolute atomic E-state index is 0.141. The molecule has 0 radical (unpaired) electrons. The molecule has 0 aliphatic carbocycles. The molecule has 1 heterocycles. The van der Waals surface area contributed by atoms with E-state index < -0.39 is 9.73 Å². The van der Waals surface area contributed by atoms with Crippen molar-refractivity contribution in [2.75, 3.05) is 11.6 Å². The number of halogens is 2. The van der Waals surface area contributed by atoms with E-state index in [0.29, 0.717) is 17.2 Å². The number of hydrogen-bond donors (Lipinski definition) is 1. The predicted molar refractivity (Wildman–Crippen MR) is 58.6 cm³/mol. The second-order valence-corrected chi connectivity index (χ2v) is 5.65. The van der Waals surface area contributed by atoms with E-state index in [9.17, 15) is 4.21 Å². The molecular weight excluding hydrogens is 243 g/mol. The first-order valence-electron chi connectivity index (χ1n) is 4.01. The number of alkyl halides is 1. The molecule has 1 aromatic heterocycles. The largest absolute Gasteiger partial charge is 0.249 e. The fourth-order valence-electron chi connectivity index (χ4n) is 0.985. The normalized spacial score (nSPS) is 15.0. The van der Waals surface area contributed by atoms with E-state index in [0.717, 1.165) is 0 Å². The lowest BCUT2D eigenvalue weighted by molar-refractivity contribution is 0.673. The summed E-state index contributed by atoms with van der Waals surface area (Å²) in [6, 6.07) is 3.19. The molecule has 0 aliphatic heterocycles. The summed E-state index contributed by atoms with van der Waals surface area (Å²) in [5, 5.41) is 0.141. The van der Waals surface area contributed by atoms with E-state index >= 15 is 0 Å². The molecule has 14 heavy (non-hydrogen) atoms. The molecule has 1 aromatic rings. The molecule has 0 saturated heterocycles. The molecule has 6 heteroatoms. The fourth-order valence-corrected chi connectivity index (χ4v) is 3.16. The minimum Gasteiger partial charge on any atom is -0.249 e. The van der Waals surface area contributed by atoms with Crippen molar-refractivity contribution in [1.29, 1.82) is 4.78 Å². The van der Waals surface area contributed by atoms with Gasteiger partial charge < -0.3 is 0 Å². The Balaban J connectivity index is 2.99. The summed E-state index contributed by atoms with van der Waals surface area (Å²) in [5.74, 6) is 0.621. The van der Waals surface area contributed by atoms with Crippen molar-refractivity contribution in [1.82, 2.24) is 4.98 Å². The van der Waals surface area contributed by atoms with Crippen LogP contribution in [0.4, 0.5) is 0 Å². The monoisotopic (exact) mass is 252 g/mol. The average molecular weight is 253 g/mol. The summed E-state index contributed by atoms with van der Waals surface area (Å²) < 4.78 is 19.5. The van der Waals surface area contributed by atoms with E-state index in [1.165, 1.54) is 6.20 Å². The number of aromatic nitrogens is 1. The second kappa shape index (κ2) is 4.96. The van der Waals surface area contributed by atoms with Crippen LogP contribution in [0.2, 0.25) is 5.15 Å². The van der Waals surface area contributed by atoms with E-state index in [1.807, 2.05) is 0 Å². The molecule has 0 amide bonds. The number of pyridine rings is 1. The quantitative estimate of drug-likeness (QED) is 0.662. The van der Waals surface area contributed by atoms with Gasteiger partial charge in [-0.2, -0.15) is 0 Å². The van der Waals surface area contributed by atoms with Gasteiger partial charge in [0.25, 0.3) is 0 Å². The Morgan fingerprint density at radius 1 is 1.57 bits per heavy atom. The van der Waals surface area contributed by atoms with E-state index in [4.69, 9.17) is 28.0 Å². The number of rotatable bonds is 4. The zero-order chi connectivity index (χ0) is 10.6. The topological polar surface area (TPSA) is 53.8 Å². The minimum atomic E-state index is -2.83. The first kappa shape index (κ1) is 11.8. The third kappa shape index (κ3) is 2.83. The maximum atomic E-state index is 11.9. The molecule has 1 atom stereocenters. The third-order valence-electron chi connectivity index (χ3n) is 1.65. The third-order valence-corrected chi connectivity index (χ3v) is 4.23. The molecular formula is C8H10Cl2N2OS. The van der Waals surface area contributed by atoms with Gasteiger partial charge in [-0.05, 0) is 18.6 Å². The lowest BCUT2D eigenvalue weighted by Gasteiger charge is -2.06. The van der Waals surface area contributed by atoms with Crippen molar-refractivity contribution in [3.05, 3.63) is 23.5 Å². The number of hydrogen-bond acceptors (Lipinski definition) is 3. The van der Waals surface area contributed by atoms with Crippen LogP contribution in [0.25, 0.3) is 0 Å². The highest BCUT2D eigenvalue weighted by Crippen LogP contribution is 2.20.